The summed E-state index contributed by atoms with van der Waals surface area (Å²) in [5, 5.41) is 4.38. The maximum atomic E-state index is 12.7. The van der Waals surface area contributed by atoms with Crippen LogP contribution in [0.4, 0.5) is 8.78 Å². The number of halogens is 2. The third-order valence-corrected chi connectivity index (χ3v) is 1.80. The highest BCUT2D eigenvalue weighted by Gasteiger charge is 2.40. The van der Waals surface area contributed by atoms with Gasteiger partial charge in [-0.1, -0.05) is 0 Å². The monoisotopic (exact) mass is 194 g/mol. The van der Waals surface area contributed by atoms with Gasteiger partial charge in [0, 0.05) is 19.4 Å². The van der Waals surface area contributed by atoms with Crippen molar-refractivity contribution in [1.29, 1.82) is 0 Å². The van der Waals surface area contributed by atoms with Gasteiger partial charge < -0.3 is 5.32 Å². The molecule has 7 heteroatoms. The van der Waals surface area contributed by atoms with Crippen molar-refractivity contribution in [2.24, 2.45) is 5.34 Å². The number of nitrogens with zero attached hydrogens (tertiary/aromatic N) is 1. The fraction of sp³-hybridized carbons (Fsp3) is 0.833. The van der Waals surface area contributed by atoms with E-state index in [0.29, 0.717) is 0 Å². The Bertz CT molecular complexity index is 222. The number of hydrogen-bond donors (Lipinski definition) is 1. The molecule has 0 radical (unpaired) electrons. The van der Waals surface area contributed by atoms with Crippen LogP contribution in [0.5, 0.6) is 0 Å². The minimum Gasteiger partial charge on any atom is -0.304 e. The predicted molar refractivity (Wildman–Crippen MR) is 37.9 cm³/mol. The van der Waals surface area contributed by atoms with Crippen LogP contribution in [0.1, 0.15) is 12.8 Å². The Morgan fingerprint density at radius 3 is 2.85 bits per heavy atom. The van der Waals surface area contributed by atoms with Crippen LogP contribution in [0.3, 0.4) is 0 Å². The van der Waals surface area contributed by atoms with E-state index in [0.717, 1.165) is 0 Å². The van der Waals surface area contributed by atoms with Crippen molar-refractivity contribution in [1.82, 2.24) is 5.32 Å². The van der Waals surface area contributed by atoms with Crippen molar-refractivity contribution >= 4 is 5.97 Å². The van der Waals surface area contributed by atoms with Gasteiger partial charge in [0.2, 0.25) is 0 Å². The van der Waals surface area contributed by atoms with Gasteiger partial charge in [0.1, 0.15) is 6.04 Å². The molecule has 0 saturated carbocycles. The molecular formula is C6H8F2N2O3. The van der Waals surface area contributed by atoms with Crippen LogP contribution < -0.4 is 5.32 Å². The second-order valence-electron chi connectivity index (χ2n) is 2.80. The first-order valence-electron chi connectivity index (χ1n) is 3.70. The Morgan fingerprint density at radius 1 is 1.62 bits per heavy atom. The molecule has 1 heterocycles. The highest BCUT2D eigenvalue weighted by Crippen LogP contribution is 2.27. The topological polar surface area (TPSA) is 67.8 Å². The zero-order valence-corrected chi connectivity index (χ0v) is 6.63. The summed E-state index contributed by atoms with van der Waals surface area (Å²) in [6.45, 7) is 0.0195. The summed E-state index contributed by atoms with van der Waals surface area (Å²) in [6.07, 6.45) is -0.966. The van der Waals surface area contributed by atoms with E-state index in [4.69, 9.17) is 0 Å². The van der Waals surface area contributed by atoms with Gasteiger partial charge in [-0.2, -0.15) is 0 Å². The molecule has 1 fully saturated rings. The minimum absolute atomic E-state index is 0.0195. The Hall–Kier alpha value is -1.11. The van der Waals surface area contributed by atoms with Crippen LogP contribution in [0.25, 0.3) is 0 Å². The predicted octanol–water partition coefficient (Wildman–Crippen LogP) is 0.598. The Morgan fingerprint density at radius 2 is 2.31 bits per heavy atom. The molecule has 13 heavy (non-hydrogen) atoms. The molecule has 1 N–H and O–H groups in total. The van der Waals surface area contributed by atoms with Crippen LogP contribution in [-0.2, 0) is 9.63 Å². The van der Waals surface area contributed by atoms with Crippen molar-refractivity contribution in [3.05, 3.63) is 4.91 Å². The summed E-state index contributed by atoms with van der Waals surface area (Å²) in [5.74, 6) is -3.94. The molecule has 0 spiro atoms. The first-order chi connectivity index (χ1) is 6.05. The van der Waals surface area contributed by atoms with Crippen molar-refractivity contribution in [3.63, 3.8) is 0 Å². The molecule has 1 aliphatic heterocycles. The van der Waals surface area contributed by atoms with E-state index in [-0.39, 0.29) is 13.0 Å². The number of piperidine rings is 1. The van der Waals surface area contributed by atoms with Crippen molar-refractivity contribution in [2.75, 3.05) is 6.54 Å². The summed E-state index contributed by atoms with van der Waals surface area (Å²) in [6, 6.07) is -1.14. The molecule has 0 aromatic carbocycles. The van der Waals surface area contributed by atoms with Crippen LogP contribution in [0.2, 0.25) is 0 Å². The standard InChI is InChI=1S/C6H8F2N2O3/c7-6(8)1-2-9-4(3-6)5(11)13-10-12/h4,9H,1-3H2. The number of carbonyl (C=O) groups is 1. The smallest absolute Gasteiger partial charge is 0.304 e. The molecule has 0 aromatic rings. The number of rotatable bonds is 2. The zero-order valence-electron chi connectivity index (χ0n) is 6.63. The molecule has 0 aromatic heterocycles. The van der Waals surface area contributed by atoms with Crippen molar-refractivity contribution < 1.29 is 18.4 Å². The maximum Gasteiger partial charge on any atom is 0.355 e. The molecule has 5 nitrogen and oxygen atoms in total. The minimum atomic E-state index is -2.88. The zero-order chi connectivity index (χ0) is 9.90. The molecule has 1 aliphatic rings. The van der Waals surface area contributed by atoms with Gasteiger partial charge >= 0.3 is 5.97 Å². The van der Waals surface area contributed by atoms with Gasteiger partial charge in [0.25, 0.3) is 5.92 Å². The van der Waals surface area contributed by atoms with E-state index in [2.05, 4.69) is 10.2 Å². The average Bonchev–Trinajstić information content (AvgIpc) is 2.03. The van der Waals surface area contributed by atoms with E-state index >= 15 is 0 Å². The average molecular weight is 194 g/mol. The second kappa shape index (κ2) is 3.73. The normalized spacial score (nSPS) is 26.5. The Kier molecular flexibility index (Phi) is 2.86. The van der Waals surface area contributed by atoms with Gasteiger partial charge in [-0.05, 0) is 0 Å². The summed E-state index contributed by atoms with van der Waals surface area (Å²) >= 11 is 0. The molecule has 0 amide bonds. The molecule has 0 aliphatic carbocycles. The van der Waals surface area contributed by atoms with E-state index in [9.17, 15) is 18.5 Å². The second-order valence-corrected chi connectivity index (χ2v) is 2.80. The molecule has 1 atom stereocenters. The lowest BCUT2D eigenvalue weighted by Gasteiger charge is -2.27. The van der Waals surface area contributed by atoms with Crippen LogP contribution in [0.15, 0.2) is 5.34 Å². The van der Waals surface area contributed by atoms with Gasteiger partial charge in [0.15, 0.2) is 5.34 Å². The third-order valence-electron chi connectivity index (χ3n) is 1.80. The highest BCUT2D eigenvalue weighted by molar-refractivity contribution is 5.75. The van der Waals surface area contributed by atoms with Crippen molar-refractivity contribution in [2.45, 2.75) is 24.8 Å². The van der Waals surface area contributed by atoms with E-state index in [1.165, 1.54) is 0 Å². The number of hydrogen-bond acceptors (Lipinski definition) is 5. The summed E-state index contributed by atoms with van der Waals surface area (Å²) in [7, 11) is 0. The Balaban J connectivity index is 2.51. The van der Waals surface area contributed by atoms with Gasteiger partial charge in [0.05, 0.1) is 0 Å². The molecule has 1 unspecified atom stereocenters. The lowest BCUT2D eigenvalue weighted by atomic mass is 10.0. The lowest BCUT2D eigenvalue weighted by molar-refractivity contribution is -0.151. The van der Waals surface area contributed by atoms with E-state index in [1.807, 2.05) is 5.34 Å². The quantitative estimate of drug-likeness (QED) is 0.516. The maximum absolute atomic E-state index is 12.7. The van der Waals surface area contributed by atoms with Gasteiger partial charge in [-0.25, -0.2) is 13.6 Å². The summed E-state index contributed by atoms with van der Waals surface area (Å²) in [5.41, 5.74) is 0. The van der Waals surface area contributed by atoms with E-state index in [1.54, 1.807) is 0 Å². The SMILES string of the molecule is O=NOC(=O)C1CC(F)(F)CCN1. The van der Waals surface area contributed by atoms with Crippen molar-refractivity contribution in [3.8, 4) is 0 Å². The molecular weight excluding hydrogens is 186 g/mol. The Labute approximate surface area is 72.4 Å². The fourth-order valence-electron chi connectivity index (χ4n) is 1.17. The summed E-state index contributed by atoms with van der Waals surface area (Å²) in [4.78, 5) is 24.0. The lowest BCUT2D eigenvalue weighted by Crippen LogP contribution is -2.48. The largest absolute Gasteiger partial charge is 0.355 e. The number of carbonyl (C=O) groups excluding carboxylic acids is 1. The van der Waals surface area contributed by atoms with Gasteiger partial charge in [-0.3, -0.25) is 4.84 Å². The summed E-state index contributed by atoms with van der Waals surface area (Å²) < 4.78 is 25.4. The molecule has 1 saturated heterocycles. The van der Waals surface area contributed by atoms with Gasteiger partial charge in [-0.15, -0.1) is 4.91 Å². The molecule has 1 rings (SSSR count). The third kappa shape index (κ3) is 2.69. The first-order valence-corrected chi connectivity index (χ1v) is 3.70. The first kappa shape index (κ1) is 9.97. The highest BCUT2D eigenvalue weighted by atomic mass is 19.3. The van der Waals surface area contributed by atoms with Crippen LogP contribution in [-0.4, -0.2) is 24.5 Å². The molecule has 74 valence electrons. The molecule has 0 bridgehead atoms. The van der Waals surface area contributed by atoms with Crippen LogP contribution >= 0.6 is 0 Å². The number of alkyl halides is 2. The number of nitrogens with one attached hydrogen (secondary N) is 1. The van der Waals surface area contributed by atoms with E-state index < -0.39 is 24.4 Å². The van der Waals surface area contributed by atoms with Crippen LogP contribution in [0, 0.1) is 4.91 Å². The fourth-order valence-corrected chi connectivity index (χ4v) is 1.17.